The molecule has 6 heteroatoms. The van der Waals surface area contributed by atoms with Gasteiger partial charge >= 0.3 is 0 Å². The van der Waals surface area contributed by atoms with Crippen LogP contribution in [-0.2, 0) is 9.59 Å². The molecule has 0 saturated carbocycles. The fraction of sp³-hybridized carbons (Fsp3) is 0.231. The third-order valence-corrected chi connectivity index (χ3v) is 3.77. The number of nitrogens with one attached hydrogen (secondary N) is 1. The van der Waals surface area contributed by atoms with Crippen molar-refractivity contribution in [1.29, 1.82) is 0 Å². The van der Waals surface area contributed by atoms with Gasteiger partial charge in [0.05, 0.1) is 10.5 Å². The van der Waals surface area contributed by atoms with Gasteiger partial charge in [0.25, 0.3) is 11.8 Å². The molecule has 0 fully saturated rings. The van der Waals surface area contributed by atoms with E-state index in [4.69, 9.17) is 9.47 Å². The maximum Gasteiger partial charge on any atom is 0.265 e. The van der Waals surface area contributed by atoms with Crippen LogP contribution >= 0.6 is 11.8 Å². The Kier molecular flexibility index (Phi) is 2.94. The van der Waals surface area contributed by atoms with E-state index in [1.54, 1.807) is 18.4 Å². The third kappa shape index (κ3) is 1.98. The Morgan fingerprint density at radius 2 is 1.95 bits per heavy atom. The number of thioether (sulfide) groups is 1. The summed E-state index contributed by atoms with van der Waals surface area (Å²) in [5, 5.41) is 2.28. The molecular formula is C13H11NO4S. The van der Waals surface area contributed by atoms with Crippen molar-refractivity contribution >= 4 is 23.6 Å². The smallest absolute Gasteiger partial charge is 0.265 e. The summed E-state index contributed by atoms with van der Waals surface area (Å²) in [5.74, 6) is 0.464. The standard InChI is InChI=1S/C13H11NO4S/c1-19-11-10(12(15)14-13(11)16)9-6-17-7-4-2-3-5-8(7)18-9/h2-5,9H,6H2,1H3,(H,14,15,16). The van der Waals surface area contributed by atoms with E-state index in [2.05, 4.69) is 5.32 Å². The van der Waals surface area contributed by atoms with E-state index >= 15 is 0 Å². The molecule has 1 unspecified atom stereocenters. The predicted molar refractivity (Wildman–Crippen MR) is 70.0 cm³/mol. The van der Waals surface area contributed by atoms with E-state index < -0.39 is 12.0 Å². The number of hydrogen-bond acceptors (Lipinski definition) is 5. The molecule has 0 saturated heterocycles. The second kappa shape index (κ2) is 4.62. The topological polar surface area (TPSA) is 64.6 Å². The number of carbonyl (C=O) groups excluding carboxylic acids is 2. The van der Waals surface area contributed by atoms with Gasteiger partial charge in [0, 0.05) is 0 Å². The first-order valence-corrected chi connectivity index (χ1v) is 6.95. The van der Waals surface area contributed by atoms with Crippen LogP contribution in [0.2, 0.25) is 0 Å². The third-order valence-electron chi connectivity index (χ3n) is 2.96. The van der Waals surface area contributed by atoms with Gasteiger partial charge in [-0.15, -0.1) is 11.8 Å². The Morgan fingerprint density at radius 3 is 2.68 bits per heavy atom. The van der Waals surface area contributed by atoms with E-state index in [-0.39, 0.29) is 12.5 Å². The van der Waals surface area contributed by atoms with E-state index in [1.165, 1.54) is 11.8 Å². The maximum absolute atomic E-state index is 11.8. The van der Waals surface area contributed by atoms with Crippen LogP contribution in [0, 0.1) is 0 Å². The Bertz CT molecular complexity index is 596. The molecule has 1 aromatic carbocycles. The van der Waals surface area contributed by atoms with Crippen molar-refractivity contribution in [3.05, 3.63) is 34.7 Å². The van der Waals surface area contributed by atoms with Crippen molar-refractivity contribution in [2.24, 2.45) is 0 Å². The van der Waals surface area contributed by atoms with Gasteiger partial charge in [0.2, 0.25) is 0 Å². The summed E-state index contributed by atoms with van der Waals surface area (Å²) in [6.07, 6.45) is 1.20. The molecule has 0 spiro atoms. The summed E-state index contributed by atoms with van der Waals surface area (Å²) < 4.78 is 11.3. The normalized spacial score (nSPS) is 21.6. The highest BCUT2D eigenvalue weighted by Crippen LogP contribution is 2.35. The molecule has 98 valence electrons. The lowest BCUT2D eigenvalue weighted by atomic mass is 10.1. The van der Waals surface area contributed by atoms with Gasteiger partial charge in [-0.2, -0.15) is 0 Å². The number of ether oxygens (including phenoxy) is 2. The highest BCUT2D eigenvalue weighted by Gasteiger charge is 2.38. The van der Waals surface area contributed by atoms with Crippen molar-refractivity contribution in [3.8, 4) is 11.5 Å². The summed E-state index contributed by atoms with van der Waals surface area (Å²) in [6.45, 7) is 0.219. The average molecular weight is 277 g/mol. The Hall–Kier alpha value is -1.95. The fourth-order valence-corrected chi connectivity index (χ4v) is 2.79. The molecule has 2 aliphatic rings. The quantitative estimate of drug-likeness (QED) is 0.820. The summed E-state index contributed by atoms with van der Waals surface area (Å²) in [4.78, 5) is 23.8. The number of para-hydroxylation sites is 2. The summed E-state index contributed by atoms with van der Waals surface area (Å²) in [7, 11) is 0. The van der Waals surface area contributed by atoms with Crippen molar-refractivity contribution < 1.29 is 19.1 Å². The number of imide groups is 1. The van der Waals surface area contributed by atoms with E-state index in [0.29, 0.717) is 22.0 Å². The number of fused-ring (bicyclic) bond motifs is 1. The molecule has 2 aliphatic heterocycles. The number of amides is 2. The van der Waals surface area contributed by atoms with Crippen LogP contribution in [0.3, 0.4) is 0 Å². The van der Waals surface area contributed by atoms with E-state index in [0.717, 1.165) is 0 Å². The summed E-state index contributed by atoms with van der Waals surface area (Å²) in [6, 6.07) is 7.25. The number of rotatable bonds is 2. The largest absolute Gasteiger partial charge is 0.485 e. The molecule has 19 heavy (non-hydrogen) atoms. The first kappa shape index (κ1) is 12.1. The van der Waals surface area contributed by atoms with Crippen LogP contribution in [0.15, 0.2) is 34.7 Å². The highest BCUT2D eigenvalue weighted by atomic mass is 32.2. The first-order valence-electron chi connectivity index (χ1n) is 5.73. The number of carbonyl (C=O) groups is 2. The Balaban J connectivity index is 1.95. The zero-order valence-electron chi connectivity index (χ0n) is 10.1. The van der Waals surface area contributed by atoms with Crippen LogP contribution in [-0.4, -0.2) is 30.8 Å². The summed E-state index contributed by atoms with van der Waals surface area (Å²) in [5.41, 5.74) is 0.354. The van der Waals surface area contributed by atoms with E-state index in [9.17, 15) is 9.59 Å². The van der Waals surface area contributed by atoms with Crippen molar-refractivity contribution in [2.45, 2.75) is 6.10 Å². The molecule has 3 rings (SSSR count). The van der Waals surface area contributed by atoms with Crippen LogP contribution in [0.5, 0.6) is 11.5 Å². The lowest BCUT2D eigenvalue weighted by Gasteiger charge is -2.26. The predicted octanol–water partition coefficient (Wildman–Crippen LogP) is 1.10. The van der Waals surface area contributed by atoms with Gasteiger partial charge < -0.3 is 9.47 Å². The molecule has 1 N–H and O–H groups in total. The fourth-order valence-electron chi connectivity index (χ4n) is 2.11. The molecule has 0 aliphatic carbocycles. The molecular weight excluding hydrogens is 266 g/mol. The van der Waals surface area contributed by atoms with Crippen molar-refractivity contribution in [2.75, 3.05) is 12.9 Å². The number of hydrogen-bond donors (Lipinski definition) is 1. The molecule has 0 radical (unpaired) electrons. The molecule has 1 atom stereocenters. The monoisotopic (exact) mass is 277 g/mol. The van der Waals surface area contributed by atoms with Crippen LogP contribution in [0.4, 0.5) is 0 Å². The Morgan fingerprint density at radius 1 is 1.21 bits per heavy atom. The minimum absolute atomic E-state index is 0.219. The SMILES string of the molecule is CSC1=C(C2COc3ccccc3O2)C(=O)NC1=O. The van der Waals surface area contributed by atoms with Crippen LogP contribution < -0.4 is 14.8 Å². The molecule has 0 aromatic heterocycles. The second-order valence-corrected chi connectivity index (χ2v) is 4.91. The van der Waals surface area contributed by atoms with Gasteiger partial charge in [-0.05, 0) is 18.4 Å². The summed E-state index contributed by atoms with van der Waals surface area (Å²) >= 11 is 1.24. The zero-order chi connectivity index (χ0) is 13.4. The number of benzene rings is 1. The Labute approximate surface area is 114 Å². The first-order chi connectivity index (χ1) is 9.20. The van der Waals surface area contributed by atoms with Crippen LogP contribution in [0.1, 0.15) is 0 Å². The van der Waals surface area contributed by atoms with Crippen molar-refractivity contribution in [3.63, 3.8) is 0 Å². The van der Waals surface area contributed by atoms with Crippen molar-refractivity contribution in [1.82, 2.24) is 5.32 Å². The van der Waals surface area contributed by atoms with Gasteiger partial charge in [0.15, 0.2) is 17.6 Å². The zero-order valence-corrected chi connectivity index (χ0v) is 11.0. The molecule has 2 heterocycles. The highest BCUT2D eigenvalue weighted by molar-refractivity contribution is 8.03. The maximum atomic E-state index is 11.8. The lowest BCUT2D eigenvalue weighted by Crippen LogP contribution is -2.35. The van der Waals surface area contributed by atoms with Crippen LogP contribution in [0.25, 0.3) is 0 Å². The van der Waals surface area contributed by atoms with Gasteiger partial charge in [-0.1, -0.05) is 12.1 Å². The average Bonchev–Trinajstić information content (AvgIpc) is 2.72. The molecule has 5 nitrogen and oxygen atoms in total. The van der Waals surface area contributed by atoms with Gasteiger partial charge in [0.1, 0.15) is 6.61 Å². The minimum Gasteiger partial charge on any atom is -0.485 e. The minimum atomic E-state index is -0.552. The lowest BCUT2D eigenvalue weighted by molar-refractivity contribution is -0.124. The van der Waals surface area contributed by atoms with E-state index in [1.807, 2.05) is 12.1 Å². The molecule has 0 bridgehead atoms. The second-order valence-electron chi connectivity index (χ2n) is 4.09. The molecule has 1 aromatic rings. The molecule has 2 amide bonds. The van der Waals surface area contributed by atoms with Gasteiger partial charge in [-0.3, -0.25) is 14.9 Å². The van der Waals surface area contributed by atoms with Gasteiger partial charge in [-0.25, -0.2) is 0 Å².